The van der Waals surface area contributed by atoms with Crippen LogP contribution in [0.4, 0.5) is 0 Å². The molecule has 0 fully saturated rings. The molecule has 0 aliphatic heterocycles. The molecule has 412 valence electrons. The minimum atomic E-state index is 0.719. The zero-order chi connectivity index (χ0) is 53.7. The fourth-order valence-corrected chi connectivity index (χ4v) is 11.3. The van der Waals surface area contributed by atoms with Crippen molar-refractivity contribution in [3.63, 3.8) is 0 Å². The van der Waals surface area contributed by atoms with E-state index in [-0.39, 0.29) is 0 Å². The number of hydrogen-bond acceptors (Lipinski definition) is 4. The Morgan fingerprint density at radius 3 is 0.554 bits per heavy atom. The van der Waals surface area contributed by atoms with Gasteiger partial charge in [-0.3, -0.25) is 0 Å². The highest BCUT2D eigenvalue weighted by Gasteiger charge is 2.24. The molecule has 0 radical (unpaired) electrons. The summed E-state index contributed by atoms with van der Waals surface area (Å²) in [6.45, 7) is 49.8. The maximum Gasteiger partial charge on any atom is 0.119 e. The van der Waals surface area contributed by atoms with Crippen LogP contribution in [-0.2, 0) is 0 Å². The Morgan fingerprint density at radius 1 is 0.243 bits per heavy atom. The molecule has 0 atom stereocenters. The second kappa shape index (κ2) is 33.0. The van der Waals surface area contributed by atoms with E-state index < -0.39 is 0 Å². The van der Waals surface area contributed by atoms with Gasteiger partial charge in [-0.25, -0.2) is 0 Å². The van der Waals surface area contributed by atoms with Gasteiger partial charge < -0.3 is 36.9 Å². The summed E-state index contributed by atoms with van der Waals surface area (Å²) >= 11 is 0. The number of unbranched alkanes of at least 4 members (excludes halogenated alkanes) is 4. The standard InChI is InChI=1S/C66H108N4O4/c1-13-67(14-2,15-3)49-25-29-53-71-61-41-33-57(34-42-61)65(58-35-43-62(44-36-58)72-54-30-26-50-68(16-4,17-5)18-6)66(59-37-45-63(46-38-59)73-55-31-27-51-69(19-7,20-8)21-9)60-39-47-64(48-40-60)74-56-32-28-52-70(22-10,23-11)24-12/h33-48H,13-32,49-56H2,1-12H3/q+4. The summed E-state index contributed by atoms with van der Waals surface area (Å²) in [7, 11) is 0. The van der Waals surface area contributed by atoms with Crippen molar-refractivity contribution in [1.29, 1.82) is 0 Å². The molecule has 0 unspecified atom stereocenters. The van der Waals surface area contributed by atoms with Gasteiger partial charge in [-0.1, -0.05) is 48.5 Å². The number of ether oxygens (including phenoxy) is 4. The minimum absolute atomic E-state index is 0.719. The van der Waals surface area contributed by atoms with Crippen LogP contribution < -0.4 is 18.9 Å². The van der Waals surface area contributed by atoms with Crippen molar-refractivity contribution in [2.75, 3.05) is 131 Å². The van der Waals surface area contributed by atoms with Crippen molar-refractivity contribution in [1.82, 2.24) is 0 Å². The van der Waals surface area contributed by atoms with Crippen LogP contribution in [0.1, 0.15) is 157 Å². The highest BCUT2D eigenvalue weighted by atomic mass is 16.5. The van der Waals surface area contributed by atoms with Crippen molar-refractivity contribution in [2.45, 2.75) is 134 Å². The van der Waals surface area contributed by atoms with Crippen molar-refractivity contribution >= 4 is 11.1 Å². The third-order valence-corrected chi connectivity index (χ3v) is 18.1. The first-order chi connectivity index (χ1) is 36.0. The van der Waals surface area contributed by atoms with Crippen molar-refractivity contribution in [2.24, 2.45) is 0 Å². The minimum Gasteiger partial charge on any atom is -0.494 e. The van der Waals surface area contributed by atoms with Gasteiger partial charge in [0.2, 0.25) is 0 Å². The molecule has 0 N–H and O–H groups in total. The van der Waals surface area contributed by atoms with Crippen molar-refractivity contribution < 1.29 is 36.9 Å². The molecule has 0 heterocycles. The highest BCUT2D eigenvalue weighted by Crippen LogP contribution is 2.39. The van der Waals surface area contributed by atoms with Crippen molar-refractivity contribution in [3.8, 4) is 23.0 Å². The lowest BCUT2D eigenvalue weighted by molar-refractivity contribution is -0.923. The fourth-order valence-electron chi connectivity index (χ4n) is 11.3. The first kappa shape index (κ1) is 62.2. The van der Waals surface area contributed by atoms with Gasteiger partial charge in [0.05, 0.1) is 131 Å². The average molecular weight is 1020 g/mol. The van der Waals surface area contributed by atoms with Crippen LogP contribution in [0.15, 0.2) is 97.1 Å². The Hall–Kier alpha value is -4.34. The summed E-state index contributed by atoms with van der Waals surface area (Å²) in [4.78, 5) is 0. The van der Waals surface area contributed by atoms with E-state index in [0.29, 0.717) is 0 Å². The molecule has 0 saturated carbocycles. The molecule has 8 nitrogen and oxygen atoms in total. The number of rotatable bonds is 40. The third-order valence-electron chi connectivity index (χ3n) is 18.1. The summed E-state index contributed by atoms with van der Waals surface area (Å²) in [6.07, 6.45) is 8.87. The van der Waals surface area contributed by atoms with Gasteiger partial charge in [0.15, 0.2) is 0 Å². The predicted octanol–water partition coefficient (Wildman–Crippen LogP) is 14.8. The molecule has 0 aromatic heterocycles. The quantitative estimate of drug-likeness (QED) is 0.0253. The van der Waals surface area contributed by atoms with Gasteiger partial charge in [0.25, 0.3) is 0 Å². The van der Waals surface area contributed by atoms with E-state index in [0.717, 1.165) is 109 Å². The lowest BCUT2D eigenvalue weighted by atomic mass is 9.85. The fraction of sp³-hybridized carbons (Fsp3) is 0.606. The normalized spacial score (nSPS) is 12.2. The van der Waals surface area contributed by atoms with Gasteiger partial charge in [-0.2, -0.15) is 0 Å². The van der Waals surface area contributed by atoms with Crippen LogP contribution >= 0.6 is 0 Å². The molecule has 4 rings (SSSR count). The second-order valence-corrected chi connectivity index (χ2v) is 21.1. The lowest BCUT2D eigenvalue weighted by Crippen LogP contribution is -2.48. The molecule has 0 aliphatic carbocycles. The van der Waals surface area contributed by atoms with E-state index in [4.69, 9.17) is 18.9 Å². The number of quaternary nitrogens is 4. The predicted molar refractivity (Wildman–Crippen MR) is 317 cm³/mol. The summed E-state index contributed by atoms with van der Waals surface area (Å²) < 4.78 is 30.4. The third kappa shape index (κ3) is 18.4. The maximum absolute atomic E-state index is 6.42. The van der Waals surface area contributed by atoms with Crippen LogP contribution in [0.25, 0.3) is 11.1 Å². The summed E-state index contributed by atoms with van der Waals surface area (Å²) in [5, 5.41) is 0. The molecular formula is C66H108N4O4+4. The molecule has 0 spiro atoms. The zero-order valence-corrected chi connectivity index (χ0v) is 49.5. The first-order valence-electron chi connectivity index (χ1n) is 30.1. The molecule has 0 amide bonds. The maximum atomic E-state index is 6.42. The number of hydrogen-bond donors (Lipinski definition) is 0. The Kier molecular flexibility index (Phi) is 27.7. The van der Waals surface area contributed by atoms with E-state index in [1.54, 1.807) is 0 Å². The summed E-state index contributed by atoms with van der Waals surface area (Å²) in [5.74, 6) is 3.63. The molecule has 0 bridgehead atoms. The smallest absolute Gasteiger partial charge is 0.119 e. The monoisotopic (exact) mass is 1020 g/mol. The summed E-state index contributed by atoms with van der Waals surface area (Å²) in [6, 6.07) is 35.2. The lowest BCUT2D eigenvalue weighted by Gasteiger charge is -2.35. The van der Waals surface area contributed by atoms with Gasteiger partial charge in [0, 0.05) is 0 Å². The van der Waals surface area contributed by atoms with E-state index in [2.05, 4.69) is 180 Å². The molecule has 4 aromatic carbocycles. The van der Waals surface area contributed by atoms with E-state index in [1.807, 2.05) is 0 Å². The van der Waals surface area contributed by atoms with Crippen LogP contribution in [0, 0.1) is 0 Å². The molecule has 4 aromatic rings. The summed E-state index contributed by atoms with van der Waals surface area (Å²) in [5.41, 5.74) is 6.82. The Labute approximate surface area is 454 Å². The molecule has 0 saturated heterocycles. The number of benzene rings is 4. The van der Waals surface area contributed by atoms with Crippen molar-refractivity contribution in [3.05, 3.63) is 119 Å². The Balaban J connectivity index is 1.69. The van der Waals surface area contributed by atoms with E-state index >= 15 is 0 Å². The van der Waals surface area contributed by atoms with E-state index in [9.17, 15) is 0 Å². The molecule has 0 aliphatic rings. The molecular weight excluding hydrogens is 913 g/mol. The largest absolute Gasteiger partial charge is 0.494 e. The zero-order valence-electron chi connectivity index (χ0n) is 49.5. The van der Waals surface area contributed by atoms with Gasteiger partial charge in [-0.15, -0.1) is 0 Å². The Bertz CT molecular complexity index is 1780. The topological polar surface area (TPSA) is 36.9 Å². The van der Waals surface area contributed by atoms with Gasteiger partial charge in [0.1, 0.15) is 23.0 Å². The van der Waals surface area contributed by atoms with Crippen LogP contribution in [0.5, 0.6) is 23.0 Å². The second-order valence-electron chi connectivity index (χ2n) is 21.1. The first-order valence-corrected chi connectivity index (χ1v) is 30.1. The highest BCUT2D eigenvalue weighted by molar-refractivity contribution is 6.04. The SMILES string of the molecule is CC[N+](CC)(CC)CCCCOc1ccc(C(=C(c2ccc(OCCCC[N+](CC)(CC)CC)cc2)c2ccc(OCCCC[N+](CC)(CC)CC)cc2)c2ccc(OCCCC[N+](CC)(CC)CC)cc2)cc1. The number of nitrogens with zero attached hydrogens (tertiary/aromatic N) is 4. The average Bonchev–Trinajstić information content (AvgIpc) is 3.46. The molecule has 74 heavy (non-hydrogen) atoms. The van der Waals surface area contributed by atoms with Gasteiger partial charge >= 0.3 is 0 Å². The molecule has 8 heteroatoms. The van der Waals surface area contributed by atoms with Crippen LogP contribution in [-0.4, -0.2) is 149 Å². The van der Waals surface area contributed by atoms with E-state index in [1.165, 1.54) is 148 Å². The Morgan fingerprint density at radius 2 is 0.405 bits per heavy atom. The van der Waals surface area contributed by atoms with Crippen LogP contribution in [0.2, 0.25) is 0 Å². The van der Waals surface area contributed by atoms with Gasteiger partial charge in [-0.05, 0) is 216 Å². The van der Waals surface area contributed by atoms with Crippen LogP contribution in [0.3, 0.4) is 0 Å².